The maximum atomic E-state index is 13.2. The average Bonchev–Trinajstić information content (AvgIpc) is 3.51. The van der Waals surface area contributed by atoms with E-state index in [-0.39, 0.29) is 25.9 Å². The Morgan fingerprint density at radius 1 is 0.400 bits per heavy atom. The number of allylic oxidation sites excluding steroid dienone is 8. The summed E-state index contributed by atoms with van der Waals surface area (Å²) in [6, 6.07) is 0. The molecule has 1 saturated heterocycles. The Balaban J connectivity index is 2.62. The molecule has 1 heterocycles. The van der Waals surface area contributed by atoms with Gasteiger partial charge in [-0.3, -0.25) is 14.4 Å². The molecule has 1 aliphatic heterocycles. The molecule has 12 nitrogen and oxygen atoms in total. The molecule has 0 amide bonds. The summed E-state index contributed by atoms with van der Waals surface area (Å²) in [5.41, 5.74) is 0. The van der Waals surface area contributed by atoms with E-state index < -0.39 is 67.3 Å². The molecule has 1 rings (SSSR count). The highest BCUT2D eigenvalue weighted by Gasteiger charge is 2.50. The van der Waals surface area contributed by atoms with Crippen molar-refractivity contribution < 1.29 is 58.2 Å². The molecule has 0 spiro atoms. The lowest BCUT2D eigenvalue weighted by Gasteiger charge is -2.40. The minimum absolute atomic E-state index is 0.0650. The number of esters is 3. The van der Waals surface area contributed by atoms with Crippen LogP contribution in [0.5, 0.6) is 0 Å². The molecule has 0 bridgehead atoms. The van der Waals surface area contributed by atoms with E-state index in [9.17, 15) is 34.5 Å². The average molecular weight is 1200 g/mol. The van der Waals surface area contributed by atoms with Crippen LogP contribution in [0.3, 0.4) is 0 Å². The van der Waals surface area contributed by atoms with Gasteiger partial charge in [0.25, 0.3) is 0 Å². The van der Waals surface area contributed by atoms with Crippen molar-refractivity contribution in [1.82, 2.24) is 0 Å². The van der Waals surface area contributed by atoms with E-state index in [0.29, 0.717) is 19.3 Å². The number of carboxylic acid groups (broad SMARTS) is 1. The molecule has 0 saturated carbocycles. The number of hydrogen-bond donors (Lipinski definition) is 3. The highest BCUT2D eigenvalue weighted by Crippen LogP contribution is 2.27. The van der Waals surface area contributed by atoms with Crippen LogP contribution in [-0.4, -0.2) is 89.2 Å². The first-order valence-corrected chi connectivity index (χ1v) is 35.6. The number of carbonyl (C=O) groups excluding carboxylic acids is 3. The Labute approximate surface area is 520 Å². The van der Waals surface area contributed by atoms with Gasteiger partial charge in [0.2, 0.25) is 0 Å². The number of aliphatic carboxylic acids is 1. The smallest absolute Gasteiger partial charge is 0.335 e. The largest absolute Gasteiger partial charge is 0.479 e. The normalized spacial score (nSPS) is 17.7. The van der Waals surface area contributed by atoms with Crippen molar-refractivity contribution in [1.29, 1.82) is 0 Å². The number of aliphatic hydroxyl groups excluding tert-OH is 2. The van der Waals surface area contributed by atoms with E-state index in [2.05, 4.69) is 69.4 Å². The third-order valence-electron chi connectivity index (χ3n) is 16.4. The van der Waals surface area contributed by atoms with Gasteiger partial charge in [-0.25, -0.2) is 4.79 Å². The third-order valence-corrected chi connectivity index (χ3v) is 16.4. The Hall–Kier alpha value is -3.32. The zero-order chi connectivity index (χ0) is 61.7. The summed E-state index contributed by atoms with van der Waals surface area (Å²) in [4.78, 5) is 51.5. The van der Waals surface area contributed by atoms with Crippen LogP contribution in [0.2, 0.25) is 0 Å². The Bertz CT molecular complexity index is 1660. The van der Waals surface area contributed by atoms with Crippen molar-refractivity contribution in [3.8, 4) is 0 Å². The molecule has 12 heteroatoms. The van der Waals surface area contributed by atoms with Gasteiger partial charge in [-0.1, -0.05) is 313 Å². The first-order chi connectivity index (χ1) is 41.6. The molecule has 494 valence electrons. The van der Waals surface area contributed by atoms with Gasteiger partial charge in [0.1, 0.15) is 18.8 Å². The van der Waals surface area contributed by atoms with Gasteiger partial charge in [-0.15, -0.1) is 0 Å². The SMILES string of the molecule is CC/C=C\C/C=C\C/C=C\C/C=C\CCCCCCCCC(=O)OCC(COC1OC(C(=O)O)C(O)C(O)C1OC(=O)CCCCCCCCCCCCCCCCCCCCC)OC(=O)CCCCCCCCCCCCCCCCCCC. The van der Waals surface area contributed by atoms with Crippen molar-refractivity contribution >= 4 is 23.9 Å². The maximum absolute atomic E-state index is 13.2. The van der Waals surface area contributed by atoms with Crippen molar-refractivity contribution in [3.05, 3.63) is 48.6 Å². The summed E-state index contributed by atoms with van der Waals surface area (Å²) in [6.45, 7) is 5.95. The second-order valence-electron chi connectivity index (χ2n) is 24.5. The van der Waals surface area contributed by atoms with Crippen LogP contribution >= 0.6 is 0 Å². The predicted molar refractivity (Wildman–Crippen MR) is 349 cm³/mol. The number of ether oxygens (including phenoxy) is 5. The Kier molecular flexibility index (Phi) is 57.1. The number of rotatable bonds is 62. The van der Waals surface area contributed by atoms with E-state index in [1.165, 1.54) is 180 Å². The minimum atomic E-state index is -1.90. The van der Waals surface area contributed by atoms with Crippen LogP contribution in [0.1, 0.15) is 342 Å². The topological polar surface area (TPSA) is 175 Å². The van der Waals surface area contributed by atoms with Gasteiger partial charge >= 0.3 is 23.9 Å². The van der Waals surface area contributed by atoms with Crippen molar-refractivity contribution in [2.24, 2.45) is 0 Å². The third kappa shape index (κ3) is 50.3. The summed E-state index contributed by atoms with van der Waals surface area (Å²) in [5.74, 6) is -3.10. The van der Waals surface area contributed by atoms with Crippen molar-refractivity contribution in [2.75, 3.05) is 13.2 Å². The zero-order valence-electron chi connectivity index (χ0n) is 54.9. The molecule has 6 unspecified atom stereocenters. The van der Waals surface area contributed by atoms with Crippen LogP contribution in [0.25, 0.3) is 0 Å². The second-order valence-corrected chi connectivity index (χ2v) is 24.5. The van der Waals surface area contributed by atoms with Crippen LogP contribution < -0.4 is 0 Å². The van der Waals surface area contributed by atoms with Gasteiger partial charge in [0.15, 0.2) is 24.6 Å². The fraction of sp³-hybridized carbons (Fsp3) is 0.836. The summed E-state index contributed by atoms with van der Waals surface area (Å²) in [7, 11) is 0. The molecule has 0 aromatic rings. The summed E-state index contributed by atoms with van der Waals surface area (Å²) >= 11 is 0. The molecule has 85 heavy (non-hydrogen) atoms. The molecular weight excluding hydrogens is 1070 g/mol. The molecule has 1 fully saturated rings. The van der Waals surface area contributed by atoms with Gasteiger partial charge < -0.3 is 39.0 Å². The lowest BCUT2D eigenvalue weighted by molar-refractivity contribution is -0.301. The highest BCUT2D eigenvalue weighted by molar-refractivity contribution is 5.74. The van der Waals surface area contributed by atoms with E-state index in [1.54, 1.807) is 0 Å². The van der Waals surface area contributed by atoms with Gasteiger partial charge in [0, 0.05) is 19.3 Å². The van der Waals surface area contributed by atoms with E-state index in [0.717, 1.165) is 103 Å². The lowest BCUT2D eigenvalue weighted by atomic mass is 9.98. The fourth-order valence-electron chi connectivity index (χ4n) is 11.0. The predicted octanol–water partition coefficient (Wildman–Crippen LogP) is 19.7. The van der Waals surface area contributed by atoms with Gasteiger partial charge in [-0.05, 0) is 57.8 Å². The number of aliphatic hydroxyl groups is 2. The van der Waals surface area contributed by atoms with Crippen LogP contribution in [-0.2, 0) is 42.9 Å². The monoisotopic (exact) mass is 1200 g/mol. The van der Waals surface area contributed by atoms with Crippen LogP contribution in [0.4, 0.5) is 0 Å². The molecule has 6 atom stereocenters. The van der Waals surface area contributed by atoms with Crippen LogP contribution in [0.15, 0.2) is 48.6 Å². The highest BCUT2D eigenvalue weighted by atomic mass is 16.7. The molecule has 1 aliphatic rings. The first kappa shape index (κ1) is 79.7. The Morgan fingerprint density at radius 2 is 0.741 bits per heavy atom. The van der Waals surface area contributed by atoms with Crippen molar-refractivity contribution in [2.45, 2.75) is 379 Å². The first-order valence-electron chi connectivity index (χ1n) is 35.6. The summed E-state index contributed by atoms with van der Waals surface area (Å²) in [6.07, 6.45) is 63.5. The Morgan fingerprint density at radius 3 is 1.13 bits per heavy atom. The molecular formula is C73H130O12. The minimum Gasteiger partial charge on any atom is -0.479 e. The quantitative estimate of drug-likeness (QED) is 0.0228. The van der Waals surface area contributed by atoms with Crippen molar-refractivity contribution in [3.63, 3.8) is 0 Å². The van der Waals surface area contributed by atoms with Gasteiger partial charge in [0.05, 0.1) is 6.61 Å². The lowest BCUT2D eigenvalue weighted by Crippen LogP contribution is -2.61. The standard InChI is InChI=1S/C73H130O12/c1-4-7-10-13-16-19-22-25-28-31-33-36-38-41-44-47-50-53-56-59-65(74)81-62-64(83-66(75)60-57-54-51-48-45-42-39-35-30-27-24-21-18-15-12-9-6-3)63-82-73-71(69(78)68(77)70(85-73)72(79)80)84-67(76)61-58-55-52-49-46-43-40-37-34-32-29-26-23-20-17-14-11-8-5-2/h7,10,16,19,25,28,33,36,64,68-71,73,77-78H,4-6,8-9,11-15,17-18,20-24,26-27,29-32,34-35,37-63H2,1-3H3,(H,79,80)/b10-7-,19-16-,28-25-,36-33-. The fourth-order valence-corrected chi connectivity index (χ4v) is 11.0. The molecule has 0 aromatic carbocycles. The maximum Gasteiger partial charge on any atom is 0.335 e. The van der Waals surface area contributed by atoms with E-state index in [1.807, 2.05) is 0 Å². The van der Waals surface area contributed by atoms with Gasteiger partial charge in [-0.2, -0.15) is 0 Å². The number of hydrogen-bond acceptors (Lipinski definition) is 11. The van der Waals surface area contributed by atoms with E-state index in [4.69, 9.17) is 23.7 Å². The summed E-state index contributed by atoms with van der Waals surface area (Å²) < 4.78 is 28.6. The molecule has 0 aliphatic carbocycles. The molecule has 0 radical (unpaired) electrons. The summed E-state index contributed by atoms with van der Waals surface area (Å²) in [5, 5.41) is 31.7. The number of carbonyl (C=O) groups is 4. The second kappa shape index (κ2) is 60.9. The number of unbranched alkanes of at least 4 members (excludes halogenated alkanes) is 40. The molecule has 0 aromatic heterocycles. The molecule has 3 N–H and O–H groups in total. The number of carboxylic acids is 1. The van der Waals surface area contributed by atoms with Crippen LogP contribution in [0, 0.1) is 0 Å². The zero-order valence-corrected chi connectivity index (χ0v) is 54.9. The van der Waals surface area contributed by atoms with E-state index >= 15 is 0 Å².